The van der Waals surface area contributed by atoms with Gasteiger partial charge in [-0.1, -0.05) is 17.8 Å². The van der Waals surface area contributed by atoms with Gasteiger partial charge in [-0.05, 0) is 61.0 Å². The molecule has 3 N–H and O–H groups in total. The van der Waals surface area contributed by atoms with Crippen molar-refractivity contribution in [1.29, 1.82) is 0 Å². The fourth-order valence-corrected chi connectivity index (χ4v) is 4.98. The van der Waals surface area contributed by atoms with E-state index in [1.165, 1.54) is 26.7 Å². The van der Waals surface area contributed by atoms with E-state index in [9.17, 15) is 4.79 Å². The maximum Gasteiger partial charge on any atom is 0.234 e. The number of nitrogens with two attached hydrogens (primary N) is 1. The number of benzene rings is 2. The third-order valence-electron chi connectivity index (χ3n) is 4.89. The summed E-state index contributed by atoms with van der Waals surface area (Å²) in [6, 6.07) is 17.5. The minimum absolute atomic E-state index is 0.156. The molecule has 0 saturated heterocycles. The van der Waals surface area contributed by atoms with Crippen molar-refractivity contribution < 1.29 is 4.79 Å². The Kier molecular flexibility index (Phi) is 5.76. The average molecular weight is 474 g/mol. The smallest absolute Gasteiger partial charge is 0.234 e. The molecule has 0 radical (unpaired) electrons. The maximum atomic E-state index is 12.4. The number of carbonyl (C=O) groups excluding carboxylic acids is 1. The summed E-state index contributed by atoms with van der Waals surface area (Å²) in [7, 11) is 0. The Bertz CT molecular complexity index is 1430. The second-order valence-electron chi connectivity index (χ2n) is 7.32. The number of rotatable bonds is 6. The third-order valence-corrected chi connectivity index (χ3v) is 6.91. The Morgan fingerprint density at radius 3 is 2.64 bits per heavy atom. The number of thiazole rings is 1. The van der Waals surface area contributed by atoms with Gasteiger partial charge < -0.3 is 11.2 Å². The lowest BCUT2D eigenvalue weighted by atomic mass is 10.2. The molecule has 2 aromatic carbocycles. The lowest BCUT2D eigenvalue weighted by Crippen LogP contribution is -2.16. The summed E-state index contributed by atoms with van der Waals surface area (Å²) >= 11 is 2.88. The predicted octanol–water partition coefficient (Wildman–Crippen LogP) is 4.37. The first-order valence-electron chi connectivity index (χ1n) is 10.1. The van der Waals surface area contributed by atoms with Crippen LogP contribution in [-0.4, -0.2) is 36.5 Å². The first-order chi connectivity index (χ1) is 16.1. The number of nitrogens with zero attached hydrogens (tertiary/aromatic N) is 5. The van der Waals surface area contributed by atoms with E-state index in [1.807, 2.05) is 30.3 Å². The summed E-state index contributed by atoms with van der Waals surface area (Å²) < 4.78 is 2.54. The number of nitrogens with one attached hydrogen (secondary N) is 1. The minimum Gasteiger partial charge on any atom is -0.335 e. The molecule has 0 atom stereocenters. The van der Waals surface area contributed by atoms with Gasteiger partial charge in [0.1, 0.15) is 5.01 Å². The van der Waals surface area contributed by atoms with Crippen LogP contribution in [0.5, 0.6) is 0 Å². The van der Waals surface area contributed by atoms with Crippen molar-refractivity contribution >= 4 is 44.9 Å². The molecule has 8 nitrogen and oxygen atoms in total. The van der Waals surface area contributed by atoms with E-state index < -0.39 is 0 Å². The number of anilines is 1. The van der Waals surface area contributed by atoms with Gasteiger partial charge in [-0.25, -0.2) is 9.66 Å². The van der Waals surface area contributed by atoms with E-state index in [4.69, 9.17) is 10.8 Å². The molecule has 0 unspecified atom stereocenters. The number of amides is 1. The van der Waals surface area contributed by atoms with E-state index in [1.54, 1.807) is 35.9 Å². The highest BCUT2D eigenvalue weighted by molar-refractivity contribution is 7.99. The Morgan fingerprint density at radius 1 is 1.06 bits per heavy atom. The van der Waals surface area contributed by atoms with Crippen LogP contribution in [0.25, 0.3) is 32.2 Å². The molecule has 5 aromatic rings. The monoisotopic (exact) mass is 473 g/mol. The molecule has 0 aliphatic carbocycles. The quantitative estimate of drug-likeness (QED) is 0.278. The second-order valence-corrected chi connectivity index (χ2v) is 9.29. The van der Waals surface area contributed by atoms with Crippen molar-refractivity contribution in [1.82, 2.24) is 24.8 Å². The van der Waals surface area contributed by atoms with Crippen LogP contribution in [-0.2, 0) is 4.79 Å². The fraction of sp³-hybridized carbons (Fsp3) is 0.0870. The van der Waals surface area contributed by atoms with Gasteiger partial charge in [0.2, 0.25) is 11.1 Å². The van der Waals surface area contributed by atoms with Crippen molar-refractivity contribution in [3.05, 3.63) is 72.6 Å². The van der Waals surface area contributed by atoms with Crippen LogP contribution in [0.4, 0.5) is 5.69 Å². The van der Waals surface area contributed by atoms with Gasteiger partial charge in [-0.2, -0.15) is 0 Å². The minimum atomic E-state index is -0.156. The van der Waals surface area contributed by atoms with Crippen LogP contribution >= 0.6 is 23.1 Å². The number of carbonyl (C=O) groups is 1. The molecule has 0 aliphatic heterocycles. The number of thioether (sulfide) groups is 1. The molecule has 3 aromatic heterocycles. The van der Waals surface area contributed by atoms with Gasteiger partial charge >= 0.3 is 0 Å². The van der Waals surface area contributed by atoms with Crippen molar-refractivity contribution in [2.24, 2.45) is 0 Å². The van der Waals surface area contributed by atoms with Crippen molar-refractivity contribution in [3.63, 3.8) is 0 Å². The average Bonchev–Trinajstić information content (AvgIpc) is 3.41. The summed E-state index contributed by atoms with van der Waals surface area (Å²) in [4.78, 5) is 21.1. The fourth-order valence-electron chi connectivity index (χ4n) is 3.25. The van der Waals surface area contributed by atoms with E-state index in [0.29, 0.717) is 16.7 Å². The summed E-state index contributed by atoms with van der Waals surface area (Å²) in [5, 5.41) is 12.5. The standard InChI is InChI=1S/C23H19N7OS2/c1-14-2-7-18-19(12-14)33-22(27-18)16-3-5-17(6-4-16)26-20(31)13-32-23-29-28-21(30(23)24)15-8-10-25-11-9-15/h2-12H,13,24H2,1H3,(H,26,31). The molecular formula is C23H19N7OS2. The number of aryl methyl sites for hydroxylation is 1. The van der Waals surface area contributed by atoms with Crippen LogP contribution in [0.2, 0.25) is 0 Å². The van der Waals surface area contributed by atoms with Crippen LogP contribution in [0.1, 0.15) is 5.56 Å². The van der Waals surface area contributed by atoms with Crippen molar-refractivity contribution in [2.45, 2.75) is 12.1 Å². The molecule has 33 heavy (non-hydrogen) atoms. The molecule has 0 aliphatic rings. The Labute approximate surface area is 197 Å². The maximum absolute atomic E-state index is 12.4. The number of hydrogen-bond donors (Lipinski definition) is 2. The molecule has 5 rings (SSSR count). The van der Waals surface area contributed by atoms with E-state index >= 15 is 0 Å². The molecule has 10 heteroatoms. The summed E-state index contributed by atoms with van der Waals surface area (Å²) in [5.41, 5.74) is 4.75. The van der Waals surface area contributed by atoms with Gasteiger partial charge in [0.25, 0.3) is 0 Å². The largest absolute Gasteiger partial charge is 0.335 e. The predicted molar refractivity (Wildman–Crippen MR) is 133 cm³/mol. The number of hydrogen-bond acceptors (Lipinski definition) is 8. The molecule has 3 heterocycles. The normalized spacial score (nSPS) is 11.1. The lowest BCUT2D eigenvalue weighted by Gasteiger charge is -2.06. The zero-order valence-electron chi connectivity index (χ0n) is 17.6. The second kappa shape index (κ2) is 9.00. The van der Waals surface area contributed by atoms with E-state index in [-0.39, 0.29) is 11.7 Å². The number of nitrogen functional groups attached to an aromatic ring is 1. The number of fused-ring (bicyclic) bond motifs is 1. The number of pyridine rings is 1. The zero-order chi connectivity index (χ0) is 22.8. The van der Waals surface area contributed by atoms with Gasteiger partial charge in [0.15, 0.2) is 5.82 Å². The van der Waals surface area contributed by atoms with Crippen LogP contribution < -0.4 is 11.2 Å². The highest BCUT2D eigenvalue weighted by atomic mass is 32.2. The Morgan fingerprint density at radius 2 is 1.85 bits per heavy atom. The molecule has 0 saturated carbocycles. The first-order valence-corrected chi connectivity index (χ1v) is 11.9. The SMILES string of the molecule is Cc1ccc2nc(-c3ccc(NC(=O)CSc4nnc(-c5ccncc5)n4N)cc3)sc2c1. The van der Waals surface area contributed by atoms with Gasteiger partial charge in [0, 0.05) is 29.2 Å². The molecule has 1 amide bonds. The summed E-state index contributed by atoms with van der Waals surface area (Å²) in [5.74, 6) is 6.61. The number of aromatic nitrogens is 5. The summed E-state index contributed by atoms with van der Waals surface area (Å²) in [6.45, 7) is 2.08. The van der Waals surface area contributed by atoms with E-state index in [2.05, 4.69) is 39.6 Å². The van der Waals surface area contributed by atoms with Crippen LogP contribution in [0, 0.1) is 6.92 Å². The highest BCUT2D eigenvalue weighted by Gasteiger charge is 2.14. The van der Waals surface area contributed by atoms with Crippen LogP contribution in [0.15, 0.2) is 72.1 Å². The Balaban J connectivity index is 1.21. The van der Waals surface area contributed by atoms with Gasteiger partial charge in [0.05, 0.1) is 16.0 Å². The third kappa shape index (κ3) is 4.57. The van der Waals surface area contributed by atoms with Crippen molar-refractivity contribution in [2.75, 3.05) is 16.9 Å². The lowest BCUT2D eigenvalue weighted by molar-refractivity contribution is -0.113. The topological polar surface area (TPSA) is 112 Å². The molecule has 0 spiro atoms. The summed E-state index contributed by atoms with van der Waals surface area (Å²) in [6.07, 6.45) is 3.32. The zero-order valence-corrected chi connectivity index (χ0v) is 19.2. The molecule has 0 bridgehead atoms. The first kappa shape index (κ1) is 21.1. The van der Waals surface area contributed by atoms with Crippen molar-refractivity contribution in [3.8, 4) is 22.0 Å². The van der Waals surface area contributed by atoms with Gasteiger partial charge in [-0.15, -0.1) is 21.5 Å². The highest BCUT2D eigenvalue weighted by Crippen LogP contribution is 2.31. The molecular weight excluding hydrogens is 454 g/mol. The van der Waals surface area contributed by atoms with Gasteiger partial charge in [-0.3, -0.25) is 9.78 Å². The molecule has 164 valence electrons. The Hall–Kier alpha value is -3.76. The molecule has 0 fully saturated rings. The van der Waals surface area contributed by atoms with Crippen LogP contribution in [0.3, 0.4) is 0 Å². The van der Waals surface area contributed by atoms with E-state index in [0.717, 1.165) is 21.7 Å².